The van der Waals surface area contributed by atoms with Gasteiger partial charge in [0.05, 0.1) is 23.5 Å². The molecular formula is C23H24N6O. The molecule has 0 radical (unpaired) electrons. The van der Waals surface area contributed by atoms with Crippen LogP contribution in [-0.4, -0.2) is 36.3 Å². The molecule has 3 aromatic heterocycles. The van der Waals surface area contributed by atoms with Gasteiger partial charge in [0.15, 0.2) is 0 Å². The van der Waals surface area contributed by atoms with Crippen molar-refractivity contribution in [3.63, 3.8) is 0 Å². The molecule has 0 saturated heterocycles. The molecule has 1 saturated carbocycles. The minimum atomic E-state index is 0.0142. The van der Waals surface area contributed by atoms with Crippen LogP contribution in [0, 0.1) is 0 Å². The van der Waals surface area contributed by atoms with Gasteiger partial charge in [0.2, 0.25) is 0 Å². The number of hydrogen-bond acceptors (Lipinski definition) is 4. The molecule has 0 spiro atoms. The van der Waals surface area contributed by atoms with Crippen molar-refractivity contribution in [2.75, 3.05) is 0 Å². The Balaban J connectivity index is 1.22. The van der Waals surface area contributed by atoms with Gasteiger partial charge in [-0.05, 0) is 37.8 Å². The number of hydrogen-bond donors (Lipinski definition) is 1. The average Bonchev–Trinajstić information content (AvgIpc) is 3.41. The number of fused-ring (bicyclic) bond motifs is 1. The maximum atomic E-state index is 12.9. The predicted octanol–water partition coefficient (Wildman–Crippen LogP) is 3.75. The Bertz CT molecular complexity index is 1170. The number of carbonyl (C=O) groups excluding carboxylic acids is 1. The summed E-state index contributed by atoms with van der Waals surface area (Å²) >= 11 is 0. The lowest BCUT2D eigenvalue weighted by molar-refractivity contribution is 0.0923. The van der Waals surface area contributed by atoms with Crippen molar-refractivity contribution in [1.29, 1.82) is 0 Å². The zero-order chi connectivity index (χ0) is 20.5. The maximum absolute atomic E-state index is 12.9. The summed E-state index contributed by atoms with van der Waals surface area (Å²) in [5.74, 6) is 0.0142. The van der Waals surface area contributed by atoms with E-state index in [0.29, 0.717) is 6.04 Å². The smallest absolute Gasteiger partial charge is 0.253 e. The summed E-state index contributed by atoms with van der Waals surface area (Å²) in [6.07, 6.45) is 13.0. The normalized spacial score (nSPS) is 19.1. The lowest BCUT2D eigenvalue weighted by Gasteiger charge is -2.29. The molecule has 0 atom stereocenters. The molecule has 7 nitrogen and oxygen atoms in total. The highest BCUT2D eigenvalue weighted by Crippen LogP contribution is 2.30. The summed E-state index contributed by atoms with van der Waals surface area (Å²) < 4.78 is 4.05. The molecular weight excluding hydrogens is 376 g/mol. The number of amides is 1. The third-order valence-electron chi connectivity index (χ3n) is 6.03. The highest BCUT2D eigenvalue weighted by molar-refractivity contribution is 6.07. The third kappa shape index (κ3) is 3.47. The molecule has 0 unspecified atom stereocenters. The van der Waals surface area contributed by atoms with E-state index in [2.05, 4.69) is 26.6 Å². The van der Waals surface area contributed by atoms with Crippen molar-refractivity contribution in [1.82, 2.24) is 29.6 Å². The fourth-order valence-corrected chi connectivity index (χ4v) is 4.40. The van der Waals surface area contributed by atoms with Crippen LogP contribution in [0.2, 0.25) is 0 Å². The largest absolute Gasteiger partial charge is 0.350 e. The van der Waals surface area contributed by atoms with Gasteiger partial charge in [-0.25, -0.2) is 9.97 Å². The highest BCUT2D eigenvalue weighted by atomic mass is 16.1. The monoisotopic (exact) mass is 400 g/mol. The van der Waals surface area contributed by atoms with Gasteiger partial charge < -0.3 is 9.88 Å². The lowest BCUT2D eigenvalue weighted by Crippen LogP contribution is -2.38. The zero-order valence-corrected chi connectivity index (χ0v) is 16.9. The van der Waals surface area contributed by atoms with Crippen LogP contribution in [0.5, 0.6) is 0 Å². The predicted molar refractivity (Wildman–Crippen MR) is 115 cm³/mol. The molecule has 4 aromatic rings. The summed E-state index contributed by atoms with van der Waals surface area (Å²) in [5.41, 5.74) is 3.71. The van der Waals surface area contributed by atoms with Crippen molar-refractivity contribution in [2.45, 2.75) is 37.8 Å². The number of nitrogens with zero attached hydrogens (tertiary/aromatic N) is 5. The van der Waals surface area contributed by atoms with Crippen LogP contribution < -0.4 is 5.32 Å². The van der Waals surface area contributed by atoms with Crippen LogP contribution in [0.1, 0.15) is 42.1 Å². The Morgan fingerprint density at radius 1 is 1.10 bits per heavy atom. The first-order valence-electron chi connectivity index (χ1n) is 10.3. The van der Waals surface area contributed by atoms with E-state index in [4.69, 9.17) is 0 Å². The van der Waals surface area contributed by atoms with Crippen LogP contribution >= 0.6 is 0 Å². The number of para-hydroxylation sites is 1. The number of nitrogens with one attached hydrogen (secondary N) is 1. The average molecular weight is 400 g/mol. The van der Waals surface area contributed by atoms with Crippen molar-refractivity contribution < 1.29 is 4.79 Å². The number of carbonyl (C=O) groups is 1. The van der Waals surface area contributed by atoms with Crippen LogP contribution in [0.25, 0.3) is 22.2 Å². The van der Waals surface area contributed by atoms with E-state index in [1.807, 2.05) is 59.0 Å². The molecule has 3 heterocycles. The molecule has 1 N–H and O–H groups in total. The highest BCUT2D eigenvalue weighted by Gasteiger charge is 2.25. The molecule has 0 bridgehead atoms. The van der Waals surface area contributed by atoms with Crippen molar-refractivity contribution >= 4 is 16.8 Å². The van der Waals surface area contributed by atoms with Crippen molar-refractivity contribution in [3.05, 3.63) is 67.0 Å². The Kier molecular flexibility index (Phi) is 4.78. The van der Waals surface area contributed by atoms with Crippen molar-refractivity contribution in [2.24, 2.45) is 7.05 Å². The molecule has 1 aromatic carbocycles. The first kappa shape index (κ1) is 18.5. The van der Waals surface area contributed by atoms with E-state index in [9.17, 15) is 4.79 Å². The second kappa shape index (κ2) is 7.74. The van der Waals surface area contributed by atoms with E-state index >= 15 is 0 Å². The van der Waals surface area contributed by atoms with Crippen molar-refractivity contribution in [3.8, 4) is 11.3 Å². The molecule has 30 heavy (non-hydrogen) atoms. The summed E-state index contributed by atoms with van der Waals surface area (Å²) in [6, 6.07) is 10.5. The van der Waals surface area contributed by atoms with Crippen LogP contribution in [0.4, 0.5) is 0 Å². The zero-order valence-electron chi connectivity index (χ0n) is 16.9. The second-order valence-corrected chi connectivity index (χ2v) is 7.95. The summed E-state index contributed by atoms with van der Waals surface area (Å²) in [6.45, 7) is 0. The molecule has 5 rings (SSSR count). The number of rotatable bonds is 4. The van der Waals surface area contributed by atoms with Gasteiger partial charge in [0, 0.05) is 48.1 Å². The minimum Gasteiger partial charge on any atom is -0.350 e. The van der Waals surface area contributed by atoms with Gasteiger partial charge in [0.1, 0.15) is 6.33 Å². The van der Waals surface area contributed by atoms with E-state index in [1.165, 1.54) is 0 Å². The van der Waals surface area contributed by atoms with Gasteiger partial charge in [-0.2, -0.15) is 5.10 Å². The van der Waals surface area contributed by atoms with E-state index in [1.54, 1.807) is 12.5 Å². The molecule has 0 aliphatic heterocycles. The first-order valence-corrected chi connectivity index (χ1v) is 10.3. The van der Waals surface area contributed by atoms with Crippen LogP contribution in [0.15, 0.2) is 61.4 Å². The lowest BCUT2D eigenvalue weighted by atomic mass is 9.91. The van der Waals surface area contributed by atoms with Crippen LogP contribution in [0.3, 0.4) is 0 Å². The van der Waals surface area contributed by atoms with Crippen LogP contribution in [-0.2, 0) is 7.05 Å². The van der Waals surface area contributed by atoms with Gasteiger partial charge >= 0.3 is 0 Å². The Morgan fingerprint density at radius 2 is 1.93 bits per heavy atom. The maximum Gasteiger partial charge on any atom is 0.253 e. The fourth-order valence-electron chi connectivity index (χ4n) is 4.40. The fraction of sp³-hybridized carbons (Fsp3) is 0.304. The van der Waals surface area contributed by atoms with Gasteiger partial charge in [-0.15, -0.1) is 0 Å². The molecule has 1 fully saturated rings. The van der Waals surface area contributed by atoms with Gasteiger partial charge in [-0.3, -0.25) is 9.48 Å². The quantitative estimate of drug-likeness (QED) is 0.566. The minimum absolute atomic E-state index is 0.0142. The Labute approximate surface area is 174 Å². The molecule has 1 aliphatic rings. The summed E-state index contributed by atoms with van der Waals surface area (Å²) in [5, 5.41) is 8.80. The topological polar surface area (TPSA) is 77.6 Å². The second-order valence-electron chi connectivity index (χ2n) is 7.95. The molecule has 7 heteroatoms. The standard InChI is InChI=1S/C23H24N6O/c1-28-14-20(19-4-2-3-5-22(19)28)23(30)27-17-6-8-18(9-7-17)29-13-16(12-26-29)21-10-11-24-15-25-21/h2-5,10-15,17-18H,6-9H2,1H3,(H,27,30). The van der Waals surface area contributed by atoms with Gasteiger partial charge in [0.25, 0.3) is 5.91 Å². The van der Waals surface area contributed by atoms with E-state index < -0.39 is 0 Å². The Morgan fingerprint density at radius 3 is 2.73 bits per heavy atom. The first-order chi connectivity index (χ1) is 14.7. The SMILES string of the molecule is Cn1cc(C(=O)NC2CCC(n3cc(-c4ccncn4)cn3)CC2)c2ccccc21. The van der Waals surface area contributed by atoms with Gasteiger partial charge in [-0.1, -0.05) is 18.2 Å². The summed E-state index contributed by atoms with van der Waals surface area (Å²) in [7, 11) is 1.98. The molecule has 1 amide bonds. The number of benzene rings is 1. The number of aromatic nitrogens is 5. The number of aryl methyl sites for hydroxylation is 1. The Hall–Kier alpha value is -3.48. The van der Waals surface area contributed by atoms with E-state index in [0.717, 1.165) is 53.4 Å². The molecule has 152 valence electrons. The third-order valence-corrected chi connectivity index (χ3v) is 6.03. The molecule has 1 aliphatic carbocycles. The summed E-state index contributed by atoms with van der Waals surface area (Å²) in [4.78, 5) is 21.2. The van der Waals surface area contributed by atoms with E-state index in [-0.39, 0.29) is 11.9 Å².